The fourth-order valence-electron chi connectivity index (χ4n) is 2.56. The van der Waals surface area contributed by atoms with Crippen molar-refractivity contribution in [2.75, 3.05) is 29.1 Å². The highest BCUT2D eigenvalue weighted by Crippen LogP contribution is 2.17. The van der Waals surface area contributed by atoms with Crippen LogP contribution in [0.1, 0.15) is 40.0 Å². The molecular weight excluding hydrogens is 366 g/mol. The lowest BCUT2D eigenvalue weighted by Crippen LogP contribution is -2.21. The molecule has 29 heavy (non-hydrogen) atoms. The Morgan fingerprint density at radius 3 is 1.97 bits per heavy atom. The molecule has 2 aromatic carbocycles. The van der Waals surface area contributed by atoms with E-state index in [1.54, 1.807) is 24.3 Å². The average molecular weight is 398 g/mol. The molecule has 156 valence electrons. The van der Waals surface area contributed by atoms with E-state index in [0.29, 0.717) is 24.6 Å². The molecule has 0 radical (unpaired) electrons. The summed E-state index contributed by atoms with van der Waals surface area (Å²) in [6, 6.07) is 14.7. The molecule has 0 fully saturated rings. The summed E-state index contributed by atoms with van der Waals surface area (Å²) in [4.78, 5) is 23.7. The van der Waals surface area contributed by atoms with E-state index in [1.807, 2.05) is 31.2 Å². The SMILES string of the molecule is CCCC(=O)Nc1ccc(NC(=O)CNc2ccc(OCCC(C)C)cc2)cc1. The molecule has 0 saturated carbocycles. The summed E-state index contributed by atoms with van der Waals surface area (Å²) in [6.07, 6.45) is 2.32. The van der Waals surface area contributed by atoms with Gasteiger partial charge in [0.05, 0.1) is 13.2 Å². The summed E-state index contributed by atoms with van der Waals surface area (Å²) in [6.45, 7) is 7.15. The smallest absolute Gasteiger partial charge is 0.243 e. The van der Waals surface area contributed by atoms with Gasteiger partial charge in [-0.05, 0) is 67.3 Å². The number of carbonyl (C=O) groups excluding carboxylic acids is 2. The number of anilines is 3. The average Bonchev–Trinajstić information content (AvgIpc) is 2.69. The Morgan fingerprint density at radius 1 is 0.862 bits per heavy atom. The Kier molecular flexibility index (Phi) is 9.02. The topological polar surface area (TPSA) is 79.5 Å². The largest absolute Gasteiger partial charge is 0.494 e. The van der Waals surface area contributed by atoms with Gasteiger partial charge in [-0.3, -0.25) is 9.59 Å². The Morgan fingerprint density at radius 2 is 1.41 bits per heavy atom. The normalized spacial score (nSPS) is 10.5. The molecule has 0 spiro atoms. The molecule has 0 atom stereocenters. The molecule has 0 aliphatic carbocycles. The molecule has 0 unspecified atom stereocenters. The van der Waals surface area contributed by atoms with Crippen LogP contribution in [-0.4, -0.2) is 25.0 Å². The number of carbonyl (C=O) groups is 2. The van der Waals surface area contributed by atoms with E-state index in [9.17, 15) is 9.59 Å². The van der Waals surface area contributed by atoms with E-state index >= 15 is 0 Å². The molecular formula is C23H31N3O3. The van der Waals surface area contributed by atoms with Gasteiger partial charge in [-0.2, -0.15) is 0 Å². The predicted octanol–water partition coefficient (Wildman–Crippen LogP) is 4.90. The molecule has 0 aliphatic heterocycles. The number of hydrogen-bond donors (Lipinski definition) is 3. The first-order valence-electron chi connectivity index (χ1n) is 10.1. The van der Waals surface area contributed by atoms with Crippen LogP contribution in [0.2, 0.25) is 0 Å². The van der Waals surface area contributed by atoms with Gasteiger partial charge >= 0.3 is 0 Å². The zero-order chi connectivity index (χ0) is 21.1. The minimum atomic E-state index is -0.148. The zero-order valence-corrected chi connectivity index (χ0v) is 17.5. The number of benzene rings is 2. The quantitative estimate of drug-likeness (QED) is 0.504. The van der Waals surface area contributed by atoms with Crippen molar-refractivity contribution in [3.8, 4) is 5.75 Å². The highest BCUT2D eigenvalue weighted by molar-refractivity contribution is 5.94. The molecule has 0 aromatic heterocycles. The van der Waals surface area contributed by atoms with Gasteiger partial charge in [-0.15, -0.1) is 0 Å². The van der Waals surface area contributed by atoms with E-state index in [-0.39, 0.29) is 18.4 Å². The maximum absolute atomic E-state index is 12.1. The second kappa shape index (κ2) is 11.7. The van der Waals surface area contributed by atoms with Crippen LogP contribution in [0.25, 0.3) is 0 Å². The maximum Gasteiger partial charge on any atom is 0.243 e. The van der Waals surface area contributed by atoms with E-state index < -0.39 is 0 Å². The molecule has 0 saturated heterocycles. The van der Waals surface area contributed by atoms with Gasteiger partial charge in [-0.1, -0.05) is 20.8 Å². The second-order valence-corrected chi connectivity index (χ2v) is 7.33. The van der Waals surface area contributed by atoms with Gasteiger partial charge in [-0.25, -0.2) is 0 Å². The fraction of sp³-hybridized carbons (Fsp3) is 0.391. The number of hydrogen-bond acceptors (Lipinski definition) is 4. The summed E-state index contributed by atoms with van der Waals surface area (Å²) in [5, 5.41) is 8.74. The Labute approximate surface area is 173 Å². The third kappa shape index (κ3) is 8.68. The van der Waals surface area contributed by atoms with Crippen LogP contribution in [0.4, 0.5) is 17.1 Å². The number of nitrogens with one attached hydrogen (secondary N) is 3. The molecule has 6 nitrogen and oxygen atoms in total. The molecule has 3 N–H and O–H groups in total. The van der Waals surface area contributed by atoms with Crippen molar-refractivity contribution in [2.45, 2.75) is 40.0 Å². The summed E-state index contributed by atoms with van der Waals surface area (Å²) >= 11 is 0. The number of ether oxygens (including phenoxy) is 1. The third-order valence-corrected chi connectivity index (χ3v) is 4.20. The van der Waals surface area contributed by atoms with Gasteiger partial charge in [0.15, 0.2) is 0 Å². The van der Waals surface area contributed by atoms with Crippen molar-refractivity contribution in [3.05, 3.63) is 48.5 Å². The van der Waals surface area contributed by atoms with E-state index in [0.717, 1.165) is 30.0 Å². The van der Waals surface area contributed by atoms with Crippen LogP contribution in [-0.2, 0) is 9.59 Å². The van der Waals surface area contributed by atoms with Crippen molar-refractivity contribution in [3.63, 3.8) is 0 Å². The second-order valence-electron chi connectivity index (χ2n) is 7.33. The number of amides is 2. The van der Waals surface area contributed by atoms with E-state index in [2.05, 4.69) is 29.8 Å². The molecule has 6 heteroatoms. The summed E-state index contributed by atoms with van der Waals surface area (Å²) in [5.41, 5.74) is 2.25. The van der Waals surface area contributed by atoms with Gasteiger partial charge in [0.2, 0.25) is 11.8 Å². The maximum atomic E-state index is 12.1. The van der Waals surface area contributed by atoms with Gasteiger partial charge < -0.3 is 20.7 Å². The molecule has 2 rings (SSSR count). The lowest BCUT2D eigenvalue weighted by atomic mass is 10.1. The Hall–Kier alpha value is -3.02. The minimum absolute atomic E-state index is 0.00942. The van der Waals surface area contributed by atoms with Gasteiger partial charge in [0.25, 0.3) is 0 Å². The summed E-state index contributed by atoms with van der Waals surface area (Å²) in [7, 11) is 0. The Bertz CT molecular complexity index is 771. The van der Waals surface area contributed by atoms with Crippen LogP contribution in [0.3, 0.4) is 0 Å². The van der Waals surface area contributed by atoms with Crippen molar-refractivity contribution >= 4 is 28.9 Å². The first-order valence-corrected chi connectivity index (χ1v) is 10.1. The first-order chi connectivity index (χ1) is 14.0. The van der Waals surface area contributed by atoms with Crippen LogP contribution >= 0.6 is 0 Å². The number of rotatable bonds is 11. The lowest BCUT2D eigenvalue weighted by Gasteiger charge is -2.11. The highest BCUT2D eigenvalue weighted by Gasteiger charge is 2.05. The third-order valence-electron chi connectivity index (χ3n) is 4.20. The minimum Gasteiger partial charge on any atom is -0.494 e. The molecule has 0 bridgehead atoms. The lowest BCUT2D eigenvalue weighted by molar-refractivity contribution is -0.116. The molecule has 0 heterocycles. The fourth-order valence-corrected chi connectivity index (χ4v) is 2.56. The van der Waals surface area contributed by atoms with Crippen molar-refractivity contribution in [2.24, 2.45) is 5.92 Å². The van der Waals surface area contributed by atoms with Crippen LogP contribution < -0.4 is 20.7 Å². The monoisotopic (exact) mass is 397 g/mol. The molecule has 0 aliphatic rings. The van der Waals surface area contributed by atoms with Gasteiger partial charge in [0.1, 0.15) is 5.75 Å². The van der Waals surface area contributed by atoms with Crippen molar-refractivity contribution in [1.82, 2.24) is 0 Å². The van der Waals surface area contributed by atoms with Gasteiger partial charge in [0, 0.05) is 23.5 Å². The van der Waals surface area contributed by atoms with Crippen molar-refractivity contribution < 1.29 is 14.3 Å². The van der Waals surface area contributed by atoms with Crippen LogP contribution in [0.5, 0.6) is 5.75 Å². The van der Waals surface area contributed by atoms with E-state index in [4.69, 9.17) is 4.74 Å². The zero-order valence-electron chi connectivity index (χ0n) is 17.5. The summed E-state index contributed by atoms with van der Waals surface area (Å²) < 4.78 is 5.69. The summed E-state index contributed by atoms with van der Waals surface area (Å²) in [5.74, 6) is 1.28. The van der Waals surface area contributed by atoms with Crippen molar-refractivity contribution in [1.29, 1.82) is 0 Å². The van der Waals surface area contributed by atoms with Crippen LogP contribution in [0, 0.1) is 5.92 Å². The highest BCUT2D eigenvalue weighted by atomic mass is 16.5. The standard InChI is InChI=1S/C23H31N3O3/c1-4-5-22(27)25-19-6-8-20(9-7-19)26-23(28)16-24-18-10-12-21(13-11-18)29-15-14-17(2)3/h6-13,17,24H,4-5,14-16H2,1-3H3,(H,25,27)(H,26,28). The molecule has 2 amide bonds. The van der Waals surface area contributed by atoms with Crippen LogP contribution in [0.15, 0.2) is 48.5 Å². The predicted molar refractivity (Wildman–Crippen MR) is 118 cm³/mol. The molecule has 2 aromatic rings. The first kappa shape index (κ1) is 22.3. The Balaban J connectivity index is 1.74. The van der Waals surface area contributed by atoms with E-state index in [1.165, 1.54) is 0 Å².